The minimum Gasteiger partial charge on any atom is -0.348 e. The average Bonchev–Trinajstić information content (AvgIpc) is 2.82. The number of carbonyl (C=O) groups excluding carboxylic acids is 1. The van der Waals surface area contributed by atoms with Gasteiger partial charge in [0.1, 0.15) is 0 Å². The van der Waals surface area contributed by atoms with Gasteiger partial charge in [0, 0.05) is 25.0 Å². The third-order valence-electron chi connectivity index (χ3n) is 2.54. The molecular formula is C13H14ClN3O. The van der Waals surface area contributed by atoms with Crippen LogP contribution in [0, 0.1) is 0 Å². The molecule has 0 spiro atoms. The third kappa shape index (κ3) is 3.11. The molecule has 1 aromatic carbocycles. The Morgan fingerprint density at radius 1 is 1.50 bits per heavy atom. The van der Waals surface area contributed by atoms with Gasteiger partial charge in [0.15, 0.2) is 0 Å². The molecule has 1 N–H and O–H groups in total. The summed E-state index contributed by atoms with van der Waals surface area (Å²) in [6.07, 6.45) is 5.29. The lowest BCUT2D eigenvalue weighted by Gasteiger charge is -2.14. The van der Waals surface area contributed by atoms with Crippen molar-refractivity contribution in [3.63, 3.8) is 0 Å². The predicted octanol–water partition coefficient (Wildman–Crippen LogP) is 2.36. The molecule has 0 saturated heterocycles. The molecule has 94 valence electrons. The summed E-state index contributed by atoms with van der Waals surface area (Å²) in [5.41, 5.74) is 0.497. The van der Waals surface area contributed by atoms with E-state index < -0.39 is 0 Å². The first-order valence-electron chi connectivity index (χ1n) is 5.68. The molecule has 2 rings (SSSR count). The van der Waals surface area contributed by atoms with Gasteiger partial charge in [-0.05, 0) is 19.1 Å². The maximum absolute atomic E-state index is 12.0. The molecule has 0 fully saturated rings. The Morgan fingerprint density at radius 3 is 2.94 bits per heavy atom. The summed E-state index contributed by atoms with van der Waals surface area (Å²) in [6, 6.07) is 7.01. The Morgan fingerprint density at radius 2 is 2.28 bits per heavy atom. The number of hydrogen-bond donors (Lipinski definition) is 1. The fraction of sp³-hybridized carbons (Fsp3) is 0.231. The Balaban J connectivity index is 1.97. The summed E-state index contributed by atoms with van der Waals surface area (Å²) in [7, 11) is 0. The number of imidazole rings is 1. The lowest BCUT2D eigenvalue weighted by Crippen LogP contribution is -2.35. The number of nitrogens with one attached hydrogen (secondary N) is 1. The predicted molar refractivity (Wildman–Crippen MR) is 70.6 cm³/mol. The number of nitrogens with zero attached hydrogens (tertiary/aromatic N) is 2. The molecule has 0 radical (unpaired) electrons. The number of amides is 1. The van der Waals surface area contributed by atoms with E-state index >= 15 is 0 Å². The van der Waals surface area contributed by atoms with Gasteiger partial charge >= 0.3 is 0 Å². The molecule has 0 unspecified atom stereocenters. The maximum atomic E-state index is 12.0. The van der Waals surface area contributed by atoms with Crippen LogP contribution in [0.4, 0.5) is 0 Å². The van der Waals surface area contributed by atoms with E-state index in [2.05, 4.69) is 10.3 Å². The molecule has 0 aliphatic carbocycles. The normalized spacial score (nSPS) is 12.1. The Hall–Kier alpha value is -1.81. The van der Waals surface area contributed by atoms with Crippen LogP contribution in [-0.4, -0.2) is 21.5 Å². The van der Waals surface area contributed by atoms with E-state index in [4.69, 9.17) is 11.6 Å². The summed E-state index contributed by atoms with van der Waals surface area (Å²) in [5, 5.41) is 3.37. The van der Waals surface area contributed by atoms with Crippen LogP contribution < -0.4 is 5.32 Å². The van der Waals surface area contributed by atoms with Crippen molar-refractivity contribution >= 4 is 17.5 Å². The maximum Gasteiger partial charge on any atom is 0.253 e. The first kappa shape index (κ1) is 12.6. The van der Waals surface area contributed by atoms with Gasteiger partial charge in [0.2, 0.25) is 0 Å². The number of halogens is 1. The number of rotatable bonds is 4. The lowest BCUT2D eigenvalue weighted by atomic mass is 10.2. The molecule has 0 saturated carbocycles. The summed E-state index contributed by atoms with van der Waals surface area (Å²) in [5.74, 6) is -0.159. The lowest BCUT2D eigenvalue weighted by molar-refractivity contribution is 0.0937. The van der Waals surface area contributed by atoms with Crippen LogP contribution in [0.5, 0.6) is 0 Å². The zero-order valence-electron chi connectivity index (χ0n) is 10.0. The number of carbonyl (C=O) groups is 1. The van der Waals surface area contributed by atoms with Crippen LogP contribution in [0.2, 0.25) is 5.02 Å². The van der Waals surface area contributed by atoms with E-state index in [1.165, 1.54) is 0 Å². The Bertz CT molecular complexity index is 525. The molecule has 1 atom stereocenters. The quantitative estimate of drug-likeness (QED) is 0.921. The zero-order chi connectivity index (χ0) is 13.0. The molecule has 4 nitrogen and oxygen atoms in total. The van der Waals surface area contributed by atoms with Crippen molar-refractivity contribution < 1.29 is 4.79 Å². The monoisotopic (exact) mass is 263 g/mol. The van der Waals surface area contributed by atoms with Crippen molar-refractivity contribution in [3.05, 3.63) is 53.6 Å². The standard InChI is InChI=1S/C13H14ClN3O/c1-10(8-17-7-6-15-9-17)16-13(18)11-4-2-3-5-12(11)14/h2-7,9-10H,8H2,1H3,(H,16,18)/t10-/m1/s1. The van der Waals surface area contributed by atoms with Crippen LogP contribution in [-0.2, 0) is 6.54 Å². The highest BCUT2D eigenvalue weighted by atomic mass is 35.5. The van der Waals surface area contributed by atoms with Gasteiger partial charge in [0.05, 0.1) is 16.9 Å². The zero-order valence-corrected chi connectivity index (χ0v) is 10.8. The molecule has 0 aliphatic heterocycles. The fourth-order valence-corrected chi connectivity index (χ4v) is 1.93. The van der Waals surface area contributed by atoms with E-state index in [1.807, 2.05) is 17.7 Å². The van der Waals surface area contributed by atoms with Crippen molar-refractivity contribution in [2.75, 3.05) is 0 Å². The van der Waals surface area contributed by atoms with Crippen LogP contribution in [0.25, 0.3) is 0 Å². The third-order valence-corrected chi connectivity index (χ3v) is 2.87. The Kier molecular flexibility index (Phi) is 3.99. The smallest absolute Gasteiger partial charge is 0.253 e. The summed E-state index contributed by atoms with van der Waals surface area (Å²) in [4.78, 5) is 15.9. The SMILES string of the molecule is C[C@H](Cn1ccnc1)NC(=O)c1ccccc1Cl. The van der Waals surface area contributed by atoms with Gasteiger partial charge < -0.3 is 9.88 Å². The van der Waals surface area contributed by atoms with Gasteiger partial charge in [-0.15, -0.1) is 0 Å². The van der Waals surface area contributed by atoms with Gasteiger partial charge in [-0.1, -0.05) is 23.7 Å². The van der Waals surface area contributed by atoms with Crippen molar-refractivity contribution in [1.82, 2.24) is 14.9 Å². The van der Waals surface area contributed by atoms with Gasteiger partial charge in [-0.2, -0.15) is 0 Å². The minimum atomic E-state index is -0.159. The molecule has 0 aliphatic rings. The summed E-state index contributed by atoms with van der Waals surface area (Å²) >= 11 is 5.97. The summed E-state index contributed by atoms with van der Waals surface area (Å²) in [6.45, 7) is 2.62. The van der Waals surface area contributed by atoms with Crippen LogP contribution in [0.1, 0.15) is 17.3 Å². The van der Waals surface area contributed by atoms with Gasteiger partial charge in [0.25, 0.3) is 5.91 Å². The van der Waals surface area contributed by atoms with Crippen LogP contribution >= 0.6 is 11.6 Å². The second kappa shape index (κ2) is 5.69. The molecule has 0 bridgehead atoms. The Labute approximate surface area is 111 Å². The van der Waals surface area contributed by atoms with Crippen LogP contribution in [0.15, 0.2) is 43.0 Å². The largest absolute Gasteiger partial charge is 0.348 e. The first-order chi connectivity index (χ1) is 8.66. The molecule has 1 aromatic heterocycles. The topological polar surface area (TPSA) is 46.9 Å². The van der Waals surface area contributed by atoms with Crippen molar-refractivity contribution in [1.29, 1.82) is 0 Å². The van der Waals surface area contributed by atoms with Crippen molar-refractivity contribution in [3.8, 4) is 0 Å². The van der Waals surface area contributed by atoms with E-state index in [-0.39, 0.29) is 11.9 Å². The highest BCUT2D eigenvalue weighted by Gasteiger charge is 2.12. The molecule has 18 heavy (non-hydrogen) atoms. The molecule has 1 heterocycles. The second-order valence-corrected chi connectivity index (χ2v) is 4.52. The number of benzene rings is 1. The van der Waals surface area contributed by atoms with E-state index in [0.717, 1.165) is 0 Å². The fourth-order valence-electron chi connectivity index (χ4n) is 1.70. The molecule has 1 amide bonds. The summed E-state index contributed by atoms with van der Waals surface area (Å²) < 4.78 is 1.91. The van der Waals surface area contributed by atoms with E-state index in [0.29, 0.717) is 17.1 Å². The highest BCUT2D eigenvalue weighted by Crippen LogP contribution is 2.14. The number of hydrogen-bond acceptors (Lipinski definition) is 2. The average molecular weight is 264 g/mol. The van der Waals surface area contributed by atoms with Crippen molar-refractivity contribution in [2.24, 2.45) is 0 Å². The van der Waals surface area contributed by atoms with Crippen LogP contribution in [0.3, 0.4) is 0 Å². The molecule has 5 heteroatoms. The molecule has 2 aromatic rings. The first-order valence-corrected chi connectivity index (χ1v) is 6.06. The van der Waals surface area contributed by atoms with E-state index in [9.17, 15) is 4.79 Å². The minimum absolute atomic E-state index is 0.00275. The van der Waals surface area contributed by atoms with Gasteiger partial charge in [-0.25, -0.2) is 4.98 Å². The van der Waals surface area contributed by atoms with E-state index in [1.54, 1.807) is 36.8 Å². The highest BCUT2D eigenvalue weighted by molar-refractivity contribution is 6.33. The van der Waals surface area contributed by atoms with Gasteiger partial charge in [-0.3, -0.25) is 4.79 Å². The number of aromatic nitrogens is 2. The van der Waals surface area contributed by atoms with Crippen molar-refractivity contribution in [2.45, 2.75) is 19.5 Å². The second-order valence-electron chi connectivity index (χ2n) is 4.11. The molecular weight excluding hydrogens is 250 g/mol.